The molecule has 1 aliphatic heterocycles. The Kier molecular flexibility index (Phi) is 7.90. The summed E-state index contributed by atoms with van der Waals surface area (Å²) >= 11 is 6.22. The van der Waals surface area contributed by atoms with Gasteiger partial charge in [-0.1, -0.05) is 41.9 Å². The van der Waals surface area contributed by atoms with Crippen LogP contribution in [0.5, 0.6) is 0 Å². The average Bonchev–Trinajstić information content (AvgIpc) is 3.19. The largest absolute Gasteiger partial charge is 0.353 e. The molecule has 0 saturated carbocycles. The van der Waals surface area contributed by atoms with E-state index in [2.05, 4.69) is 22.8 Å². The molecule has 0 fully saturated rings. The standard InChI is InChI=1S/C23H30ClN5O2/c1-17-8-9-20(24)12-21(17)28(15-22(30)26-11-10-25-2)16-23(31)27(3)29-13-18-6-4-5-7-19(18)14-29/h4-9,12,25H,10-11,13-16H2,1-3H3,(H,26,30). The third-order valence-corrected chi connectivity index (χ3v) is 5.71. The van der Waals surface area contributed by atoms with Gasteiger partial charge in [-0.25, -0.2) is 5.01 Å². The van der Waals surface area contributed by atoms with Crippen LogP contribution >= 0.6 is 11.6 Å². The molecule has 0 radical (unpaired) electrons. The zero-order chi connectivity index (χ0) is 22.4. The molecule has 7 nitrogen and oxygen atoms in total. The molecule has 2 aromatic rings. The first-order valence-electron chi connectivity index (χ1n) is 10.4. The van der Waals surface area contributed by atoms with Crippen molar-refractivity contribution in [3.8, 4) is 0 Å². The number of benzene rings is 2. The van der Waals surface area contributed by atoms with Crippen LogP contribution in [-0.4, -0.2) is 62.1 Å². The van der Waals surface area contributed by atoms with E-state index in [0.717, 1.165) is 11.3 Å². The van der Waals surface area contributed by atoms with Gasteiger partial charge in [-0.15, -0.1) is 0 Å². The number of carbonyl (C=O) groups is 2. The van der Waals surface area contributed by atoms with Gasteiger partial charge >= 0.3 is 0 Å². The predicted octanol–water partition coefficient (Wildman–Crippen LogP) is 2.18. The number of halogens is 1. The van der Waals surface area contributed by atoms with Gasteiger partial charge in [0.05, 0.1) is 13.1 Å². The van der Waals surface area contributed by atoms with Crippen LogP contribution in [0.3, 0.4) is 0 Å². The molecule has 0 aromatic heterocycles. The van der Waals surface area contributed by atoms with Crippen molar-refractivity contribution in [3.05, 3.63) is 64.2 Å². The van der Waals surface area contributed by atoms with Crippen LogP contribution in [0.2, 0.25) is 5.02 Å². The quantitative estimate of drug-likeness (QED) is 0.581. The number of hydrogen-bond acceptors (Lipinski definition) is 5. The number of rotatable bonds is 9. The zero-order valence-corrected chi connectivity index (χ0v) is 19.1. The molecule has 166 valence electrons. The van der Waals surface area contributed by atoms with Crippen molar-refractivity contribution in [1.82, 2.24) is 20.7 Å². The number of hydrogen-bond donors (Lipinski definition) is 2. The summed E-state index contributed by atoms with van der Waals surface area (Å²) in [6.45, 7) is 4.69. The van der Waals surface area contributed by atoms with Crippen molar-refractivity contribution in [2.24, 2.45) is 0 Å². The number of likely N-dealkylation sites (N-methyl/N-ethyl adjacent to an activating group) is 2. The van der Waals surface area contributed by atoms with Crippen molar-refractivity contribution in [3.63, 3.8) is 0 Å². The molecule has 2 amide bonds. The number of carbonyl (C=O) groups excluding carboxylic acids is 2. The highest BCUT2D eigenvalue weighted by Crippen LogP contribution is 2.26. The minimum atomic E-state index is -0.140. The second-order valence-corrected chi connectivity index (χ2v) is 8.19. The van der Waals surface area contributed by atoms with Crippen LogP contribution in [0.1, 0.15) is 16.7 Å². The van der Waals surface area contributed by atoms with E-state index >= 15 is 0 Å². The van der Waals surface area contributed by atoms with Crippen LogP contribution in [0.4, 0.5) is 5.69 Å². The van der Waals surface area contributed by atoms with Crippen LogP contribution < -0.4 is 15.5 Å². The lowest BCUT2D eigenvalue weighted by Gasteiger charge is -2.32. The maximum absolute atomic E-state index is 13.2. The minimum Gasteiger partial charge on any atom is -0.353 e. The van der Waals surface area contributed by atoms with Crippen molar-refractivity contribution in [1.29, 1.82) is 0 Å². The molecule has 2 aromatic carbocycles. The van der Waals surface area contributed by atoms with Gasteiger partial charge in [0.15, 0.2) is 0 Å². The fraction of sp³-hybridized carbons (Fsp3) is 0.391. The van der Waals surface area contributed by atoms with Gasteiger partial charge in [0.2, 0.25) is 5.91 Å². The fourth-order valence-electron chi connectivity index (χ4n) is 3.66. The highest BCUT2D eigenvalue weighted by Gasteiger charge is 2.27. The van der Waals surface area contributed by atoms with Crippen molar-refractivity contribution in [2.45, 2.75) is 20.0 Å². The number of aryl methyl sites for hydroxylation is 1. The summed E-state index contributed by atoms with van der Waals surface area (Å²) in [5, 5.41) is 10.1. The maximum atomic E-state index is 13.2. The lowest BCUT2D eigenvalue weighted by atomic mass is 10.1. The summed E-state index contributed by atoms with van der Waals surface area (Å²) in [6.07, 6.45) is 0. The third kappa shape index (κ3) is 5.97. The van der Waals surface area contributed by atoms with Gasteiger partial charge < -0.3 is 15.5 Å². The first-order valence-corrected chi connectivity index (χ1v) is 10.8. The van der Waals surface area contributed by atoms with E-state index in [4.69, 9.17) is 11.6 Å². The monoisotopic (exact) mass is 443 g/mol. The zero-order valence-electron chi connectivity index (χ0n) is 18.3. The minimum absolute atomic E-state index is 0.0734. The van der Waals surface area contributed by atoms with Crippen molar-refractivity contribution in [2.75, 3.05) is 45.2 Å². The van der Waals surface area contributed by atoms with Gasteiger partial charge in [0, 0.05) is 43.9 Å². The van der Waals surface area contributed by atoms with E-state index < -0.39 is 0 Å². The molecule has 1 aliphatic rings. The number of fused-ring (bicyclic) bond motifs is 1. The molecule has 3 rings (SSSR count). The highest BCUT2D eigenvalue weighted by atomic mass is 35.5. The fourth-order valence-corrected chi connectivity index (χ4v) is 3.82. The van der Waals surface area contributed by atoms with Crippen LogP contribution in [0.15, 0.2) is 42.5 Å². The van der Waals surface area contributed by atoms with E-state index in [1.165, 1.54) is 11.1 Å². The summed E-state index contributed by atoms with van der Waals surface area (Å²) < 4.78 is 0. The number of hydrazine groups is 1. The first kappa shape index (κ1) is 23.1. The number of nitrogens with one attached hydrogen (secondary N) is 2. The second-order valence-electron chi connectivity index (χ2n) is 7.75. The van der Waals surface area contributed by atoms with E-state index in [-0.39, 0.29) is 24.9 Å². The Bertz CT molecular complexity index is 911. The molecule has 0 bridgehead atoms. The molecule has 0 unspecified atom stereocenters. The van der Waals surface area contributed by atoms with Gasteiger partial charge in [0.1, 0.15) is 0 Å². The van der Waals surface area contributed by atoms with Gasteiger partial charge in [0.25, 0.3) is 5.91 Å². The normalized spacial score (nSPS) is 13.0. The van der Waals surface area contributed by atoms with Crippen LogP contribution in [0, 0.1) is 6.92 Å². The van der Waals surface area contributed by atoms with Gasteiger partial charge in [-0.05, 0) is 42.8 Å². The average molecular weight is 444 g/mol. The Hall–Kier alpha value is -2.61. The summed E-state index contributed by atoms with van der Waals surface area (Å²) in [5.41, 5.74) is 4.20. The maximum Gasteiger partial charge on any atom is 0.256 e. The summed E-state index contributed by atoms with van der Waals surface area (Å²) in [4.78, 5) is 27.5. The smallest absolute Gasteiger partial charge is 0.256 e. The highest BCUT2D eigenvalue weighted by molar-refractivity contribution is 6.30. The Morgan fingerprint density at radius 1 is 1.06 bits per heavy atom. The van der Waals surface area contributed by atoms with E-state index in [1.807, 2.05) is 37.2 Å². The Morgan fingerprint density at radius 3 is 2.39 bits per heavy atom. The molecule has 0 spiro atoms. The van der Waals surface area contributed by atoms with Gasteiger partial charge in [-0.2, -0.15) is 0 Å². The van der Waals surface area contributed by atoms with E-state index in [1.54, 1.807) is 29.1 Å². The lowest BCUT2D eigenvalue weighted by molar-refractivity contribution is -0.145. The molecule has 8 heteroatoms. The van der Waals surface area contributed by atoms with Crippen LogP contribution in [-0.2, 0) is 22.7 Å². The first-order chi connectivity index (χ1) is 14.9. The van der Waals surface area contributed by atoms with Crippen molar-refractivity contribution < 1.29 is 9.59 Å². The number of nitrogens with zero attached hydrogens (tertiary/aromatic N) is 3. The molecule has 2 N–H and O–H groups in total. The topological polar surface area (TPSA) is 67.9 Å². The third-order valence-electron chi connectivity index (χ3n) is 5.48. The summed E-state index contributed by atoms with van der Waals surface area (Å²) in [5.74, 6) is -0.228. The van der Waals surface area contributed by atoms with Crippen molar-refractivity contribution >= 4 is 29.1 Å². The molecule has 0 atom stereocenters. The number of amides is 2. The second kappa shape index (κ2) is 10.6. The molecular formula is C23H30ClN5O2. The van der Waals surface area contributed by atoms with Crippen LogP contribution in [0.25, 0.3) is 0 Å². The number of anilines is 1. The van der Waals surface area contributed by atoms with Gasteiger partial charge in [-0.3, -0.25) is 14.6 Å². The van der Waals surface area contributed by atoms with E-state index in [9.17, 15) is 9.59 Å². The molecule has 1 heterocycles. The predicted molar refractivity (Wildman–Crippen MR) is 124 cm³/mol. The lowest BCUT2D eigenvalue weighted by Crippen LogP contribution is -2.48. The molecular weight excluding hydrogens is 414 g/mol. The Labute approximate surface area is 188 Å². The summed E-state index contributed by atoms with van der Waals surface area (Å²) in [6, 6.07) is 13.7. The summed E-state index contributed by atoms with van der Waals surface area (Å²) in [7, 11) is 3.61. The Morgan fingerprint density at radius 2 is 1.74 bits per heavy atom. The van der Waals surface area contributed by atoms with E-state index in [0.29, 0.717) is 31.2 Å². The molecule has 0 aliphatic carbocycles. The molecule has 0 saturated heterocycles. The Balaban J connectivity index is 1.72. The molecule has 31 heavy (non-hydrogen) atoms. The SMILES string of the molecule is CNCCNC(=O)CN(CC(=O)N(C)N1Cc2ccccc2C1)c1cc(Cl)ccc1C.